The van der Waals surface area contributed by atoms with Gasteiger partial charge in [0.1, 0.15) is 6.42 Å². The minimum absolute atomic E-state index is 0.0633. The van der Waals surface area contributed by atoms with Crippen LogP contribution in [0.15, 0.2) is 4.52 Å². The molecule has 1 saturated carbocycles. The third-order valence-corrected chi connectivity index (χ3v) is 3.80. The highest BCUT2D eigenvalue weighted by molar-refractivity contribution is 5.71. The number of carbonyl (C=O) groups excluding carboxylic acids is 1. The zero-order valence-electron chi connectivity index (χ0n) is 11.0. The molecule has 0 amide bonds. The second-order valence-corrected chi connectivity index (χ2v) is 4.93. The van der Waals surface area contributed by atoms with Crippen LogP contribution in [0.5, 0.6) is 0 Å². The third kappa shape index (κ3) is 3.09. The van der Waals surface area contributed by atoms with E-state index >= 15 is 0 Å². The molecule has 0 saturated heterocycles. The van der Waals surface area contributed by atoms with Crippen LogP contribution >= 0.6 is 0 Å². The van der Waals surface area contributed by atoms with E-state index in [1.165, 1.54) is 26.4 Å². The number of nitrogens with zero attached hydrogens (tertiary/aromatic N) is 2. The molecule has 5 nitrogen and oxygen atoms in total. The van der Waals surface area contributed by atoms with Crippen LogP contribution in [0, 0.1) is 5.92 Å². The molecule has 0 aromatic carbocycles. The zero-order valence-corrected chi connectivity index (χ0v) is 11.0. The maximum atomic E-state index is 11.1. The molecule has 100 valence electrons. The van der Waals surface area contributed by atoms with Crippen LogP contribution in [-0.2, 0) is 16.0 Å². The Labute approximate surface area is 107 Å². The standard InChI is InChI=1S/C13H20N2O3/c1-3-9-4-6-10(7-5-9)13-14-11(18-15-13)8-12(16)17-2/h9-10H,3-8H2,1-2H3. The average Bonchev–Trinajstić information content (AvgIpc) is 2.87. The second kappa shape index (κ2) is 5.98. The molecule has 0 N–H and O–H groups in total. The number of hydrogen-bond acceptors (Lipinski definition) is 5. The van der Waals surface area contributed by atoms with Crippen molar-refractivity contribution in [2.75, 3.05) is 7.11 Å². The van der Waals surface area contributed by atoms with Crippen LogP contribution in [0.1, 0.15) is 56.7 Å². The Hall–Kier alpha value is -1.39. The van der Waals surface area contributed by atoms with Crippen LogP contribution in [0.4, 0.5) is 0 Å². The van der Waals surface area contributed by atoms with E-state index in [4.69, 9.17) is 4.52 Å². The van der Waals surface area contributed by atoms with Crippen molar-refractivity contribution >= 4 is 5.97 Å². The molecule has 2 rings (SSSR count). The van der Waals surface area contributed by atoms with Crippen LogP contribution in [0.25, 0.3) is 0 Å². The smallest absolute Gasteiger partial charge is 0.315 e. The van der Waals surface area contributed by atoms with Crippen molar-refractivity contribution in [2.45, 2.75) is 51.4 Å². The van der Waals surface area contributed by atoms with Gasteiger partial charge in [-0.2, -0.15) is 4.98 Å². The highest BCUT2D eigenvalue weighted by Gasteiger charge is 2.25. The van der Waals surface area contributed by atoms with E-state index in [9.17, 15) is 4.79 Å². The first kappa shape index (κ1) is 13.1. The topological polar surface area (TPSA) is 65.2 Å². The summed E-state index contributed by atoms with van der Waals surface area (Å²) in [4.78, 5) is 15.4. The Balaban J connectivity index is 1.92. The monoisotopic (exact) mass is 252 g/mol. The fourth-order valence-electron chi connectivity index (χ4n) is 2.53. The summed E-state index contributed by atoms with van der Waals surface area (Å²) in [5.74, 6) is 2.00. The Kier molecular flexibility index (Phi) is 4.33. The minimum atomic E-state index is -0.347. The van der Waals surface area contributed by atoms with Crippen molar-refractivity contribution in [3.63, 3.8) is 0 Å². The first-order valence-electron chi connectivity index (χ1n) is 6.62. The summed E-state index contributed by atoms with van der Waals surface area (Å²) >= 11 is 0. The van der Waals surface area contributed by atoms with Gasteiger partial charge in [-0.15, -0.1) is 0 Å². The normalized spacial score (nSPS) is 23.9. The number of aromatic nitrogens is 2. The maximum absolute atomic E-state index is 11.1. The molecule has 0 aliphatic heterocycles. The van der Waals surface area contributed by atoms with E-state index in [1.807, 2.05) is 0 Å². The van der Waals surface area contributed by atoms with Gasteiger partial charge in [0.15, 0.2) is 5.82 Å². The van der Waals surface area contributed by atoms with Gasteiger partial charge in [-0.3, -0.25) is 4.79 Å². The summed E-state index contributed by atoms with van der Waals surface area (Å²) in [6.07, 6.45) is 6.04. The molecule has 5 heteroatoms. The molecular formula is C13H20N2O3. The maximum Gasteiger partial charge on any atom is 0.315 e. The summed E-state index contributed by atoms with van der Waals surface area (Å²) in [7, 11) is 1.35. The second-order valence-electron chi connectivity index (χ2n) is 4.93. The number of ether oxygens (including phenoxy) is 1. The summed E-state index contributed by atoms with van der Waals surface area (Å²) in [6.45, 7) is 2.24. The molecule has 0 radical (unpaired) electrons. The van der Waals surface area contributed by atoms with Gasteiger partial charge < -0.3 is 9.26 Å². The fourth-order valence-corrected chi connectivity index (χ4v) is 2.53. The average molecular weight is 252 g/mol. The van der Waals surface area contributed by atoms with Crippen molar-refractivity contribution < 1.29 is 14.1 Å². The van der Waals surface area contributed by atoms with Gasteiger partial charge in [0.2, 0.25) is 5.89 Å². The fraction of sp³-hybridized carbons (Fsp3) is 0.769. The molecule has 18 heavy (non-hydrogen) atoms. The van der Waals surface area contributed by atoms with Gasteiger partial charge in [0.05, 0.1) is 7.11 Å². The lowest BCUT2D eigenvalue weighted by Crippen LogP contribution is -2.13. The Bertz CT molecular complexity index is 395. The molecule has 0 atom stereocenters. The first-order valence-corrected chi connectivity index (χ1v) is 6.62. The van der Waals surface area contributed by atoms with Crippen LogP contribution in [0.2, 0.25) is 0 Å². The van der Waals surface area contributed by atoms with Gasteiger partial charge in [-0.1, -0.05) is 18.5 Å². The largest absolute Gasteiger partial charge is 0.469 e. The molecule has 1 heterocycles. The van der Waals surface area contributed by atoms with Crippen LogP contribution < -0.4 is 0 Å². The summed E-state index contributed by atoms with van der Waals surface area (Å²) in [6, 6.07) is 0. The van der Waals surface area contributed by atoms with Crippen molar-refractivity contribution in [3.8, 4) is 0 Å². The van der Waals surface area contributed by atoms with E-state index in [2.05, 4.69) is 21.8 Å². The molecule has 1 fully saturated rings. The van der Waals surface area contributed by atoms with Gasteiger partial charge >= 0.3 is 5.97 Å². The third-order valence-electron chi connectivity index (χ3n) is 3.80. The molecule has 1 aliphatic rings. The molecule has 0 spiro atoms. The minimum Gasteiger partial charge on any atom is -0.469 e. The number of carbonyl (C=O) groups is 1. The van der Waals surface area contributed by atoms with E-state index in [1.54, 1.807) is 0 Å². The number of methoxy groups -OCH3 is 1. The summed E-state index contributed by atoms with van der Waals surface area (Å²) in [5.41, 5.74) is 0. The van der Waals surface area contributed by atoms with Crippen molar-refractivity contribution in [1.29, 1.82) is 0 Å². The lowest BCUT2D eigenvalue weighted by Gasteiger charge is -2.25. The zero-order chi connectivity index (χ0) is 13.0. The van der Waals surface area contributed by atoms with E-state index in [-0.39, 0.29) is 12.4 Å². The molecule has 1 aliphatic carbocycles. The number of hydrogen-bond donors (Lipinski definition) is 0. The first-order chi connectivity index (χ1) is 8.72. The van der Waals surface area contributed by atoms with Crippen molar-refractivity contribution in [2.24, 2.45) is 5.92 Å². The highest BCUT2D eigenvalue weighted by Crippen LogP contribution is 2.35. The Morgan fingerprint density at radius 1 is 1.39 bits per heavy atom. The lowest BCUT2D eigenvalue weighted by atomic mass is 9.80. The molecule has 1 aromatic rings. The highest BCUT2D eigenvalue weighted by atomic mass is 16.5. The van der Waals surface area contributed by atoms with Gasteiger partial charge in [-0.05, 0) is 31.6 Å². The Morgan fingerprint density at radius 3 is 2.72 bits per heavy atom. The Morgan fingerprint density at radius 2 is 2.11 bits per heavy atom. The van der Waals surface area contributed by atoms with Gasteiger partial charge in [0, 0.05) is 5.92 Å². The summed E-state index contributed by atoms with van der Waals surface area (Å²) in [5, 5.41) is 3.98. The molecular weight excluding hydrogens is 232 g/mol. The quantitative estimate of drug-likeness (QED) is 0.770. The van der Waals surface area contributed by atoms with Crippen molar-refractivity contribution in [3.05, 3.63) is 11.7 Å². The van der Waals surface area contributed by atoms with Crippen LogP contribution in [0.3, 0.4) is 0 Å². The molecule has 1 aromatic heterocycles. The SMILES string of the molecule is CCC1CCC(c2noc(CC(=O)OC)n2)CC1. The number of esters is 1. The van der Waals surface area contributed by atoms with Gasteiger partial charge in [-0.25, -0.2) is 0 Å². The number of rotatable bonds is 4. The van der Waals surface area contributed by atoms with E-state index < -0.39 is 0 Å². The van der Waals surface area contributed by atoms with Gasteiger partial charge in [0.25, 0.3) is 0 Å². The lowest BCUT2D eigenvalue weighted by molar-refractivity contribution is -0.140. The summed E-state index contributed by atoms with van der Waals surface area (Å²) < 4.78 is 9.65. The predicted octanol–water partition coefficient (Wildman–Crippen LogP) is 2.47. The van der Waals surface area contributed by atoms with Crippen molar-refractivity contribution in [1.82, 2.24) is 10.1 Å². The van der Waals surface area contributed by atoms with E-state index in [0.717, 1.165) is 24.6 Å². The van der Waals surface area contributed by atoms with Crippen LogP contribution in [-0.4, -0.2) is 23.2 Å². The molecule has 0 bridgehead atoms. The molecule has 0 unspecified atom stereocenters. The van der Waals surface area contributed by atoms with E-state index in [0.29, 0.717) is 11.8 Å². The predicted molar refractivity (Wildman–Crippen MR) is 65.0 cm³/mol.